The molecule has 2 heteroatoms. The molecule has 0 nitrogen and oxygen atoms in total. The third-order valence-corrected chi connectivity index (χ3v) is 7.19. The number of aryl methyl sites for hydroxylation is 2. The van der Waals surface area contributed by atoms with Gasteiger partial charge >= 0.3 is 21.7 Å². The molecule has 0 aromatic heterocycles. The second-order valence-corrected chi connectivity index (χ2v) is 11.2. The first-order chi connectivity index (χ1) is 7.11. The van der Waals surface area contributed by atoms with Gasteiger partial charge in [0.2, 0.25) is 0 Å². The quantitative estimate of drug-likeness (QED) is 0.515. The molecule has 19 heavy (non-hydrogen) atoms. The van der Waals surface area contributed by atoms with Gasteiger partial charge in [0, 0.05) is 8.07 Å². The van der Waals surface area contributed by atoms with Crippen molar-refractivity contribution in [2.45, 2.75) is 57.8 Å². The van der Waals surface area contributed by atoms with Crippen LogP contribution >= 0.6 is 0 Å². The molecule has 108 valence electrons. The van der Waals surface area contributed by atoms with Gasteiger partial charge in [0.25, 0.3) is 0 Å². The van der Waals surface area contributed by atoms with Gasteiger partial charge in [0.1, 0.15) is 0 Å². The maximum atomic E-state index is 2.51. The molecular weight excluding hydrogens is 280 g/mol. The van der Waals surface area contributed by atoms with Crippen LogP contribution in [0, 0.1) is 22.3 Å². The third kappa shape index (κ3) is 6.51. The second kappa shape index (κ2) is 10.1. The summed E-state index contributed by atoms with van der Waals surface area (Å²) in [5.74, 6) is 0. The molecule has 1 aromatic carbocycles. The van der Waals surface area contributed by atoms with E-state index >= 15 is 0 Å². The van der Waals surface area contributed by atoms with Crippen molar-refractivity contribution in [1.29, 1.82) is 0 Å². The van der Waals surface area contributed by atoms with E-state index < -0.39 is 8.07 Å². The van der Waals surface area contributed by atoms with E-state index in [0.717, 1.165) is 0 Å². The minimum atomic E-state index is -0.933. The average molecular weight is 312 g/mol. The Labute approximate surface area is 138 Å². The van der Waals surface area contributed by atoms with E-state index in [9.17, 15) is 0 Å². The van der Waals surface area contributed by atoms with Crippen LogP contribution in [0.1, 0.15) is 36.5 Å². The number of rotatable bonds is 3. The van der Waals surface area contributed by atoms with E-state index in [1.54, 1.807) is 16.7 Å². The van der Waals surface area contributed by atoms with Gasteiger partial charge < -0.3 is 22.3 Å². The Morgan fingerprint density at radius 3 is 2.21 bits per heavy atom. The molecule has 0 atom stereocenters. The molecular formula is C17H32SiTi. The van der Waals surface area contributed by atoms with Crippen molar-refractivity contribution >= 4 is 8.07 Å². The van der Waals surface area contributed by atoms with E-state index in [-0.39, 0.29) is 44.0 Å². The van der Waals surface area contributed by atoms with E-state index in [1.807, 2.05) is 0 Å². The zero-order valence-electron chi connectivity index (χ0n) is 13.9. The van der Waals surface area contributed by atoms with Crippen LogP contribution < -0.4 is 0 Å². The van der Waals surface area contributed by atoms with Crippen LogP contribution in [-0.4, -0.2) is 8.07 Å². The van der Waals surface area contributed by atoms with E-state index in [0.29, 0.717) is 0 Å². The van der Waals surface area contributed by atoms with Crippen LogP contribution in [0.15, 0.2) is 12.1 Å². The minimum absolute atomic E-state index is 0. The summed E-state index contributed by atoms with van der Waals surface area (Å²) in [5, 5.41) is 0. The van der Waals surface area contributed by atoms with Crippen LogP contribution in [0.25, 0.3) is 0 Å². The summed E-state index contributed by atoms with van der Waals surface area (Å²) in [4.78, 5) is 0. The van der Waals surface area contributed by atoms with Gasteiger partial charge in [-0.2, -0.15) is 22.8 Å². The second-order valence-electron chi connectivity index (χ2n) is 5.82. The van der Waals surface area contributed by atoms with Gasteiger partial charge in [0.15, 0.2) is 0 Å². The van der Waals surface area contributed by atoms with Crippen molar-refractivity contribution in [1.82, 2.24) is 0 Å². The molecule has 2 rings (SSSR count). The smallest absolute Gasteiger partial charge is 0.358 e. The average Bonchev–Trinajstić information content (AvgIpc) is 2.58. The monoisotopic (exact) mass is 312 g/mol. The Morgan fingerprint density at radius 2 is 1.68 bits per heavy atom. The Bertz CT molecular complexity index is 316. The van der Waals surface area contributed by atoms with Crippen LogP contribution in [0.3, 0.4) is 0 Å². The zero-order valence-corrected chi connectivity index (χ0v) is 16.5. The molecule has 0 spiro atoms. The number of hydrogen-bond acceptors (Lipinski definition) is 0. The Balaban J connectivity index is -0.000000640. The summed E-state index contributed by atoms with van der Waals surface area (Å²) in [6.07, 6.45) is 5.49. The topological polar surface area (TPSA) is 0 Å². The molecule has 0 fully saturated rings. The standard InChI is InChI=1S/C14H23Si.3CH3.Ti/c1-4-15(2,3)11-12-9-13-7-5-6-8-14(13)10-12;;;;/h9-10H,4-8,11H2,1-3H3;3*1H3;/q4*-1;+4. The maximum Gasteiger partial charge on any atom is 4.00 e. The van der Waals surface area contributed by atoms with Crippen molar-refractivity contribution in [3.8, 4) is 0 Å². The molecule has 0 saturated heterocycles. The fourth-order valence-electron chi connectivity index (χ4n) is 2.55. The van der Waals surface area contributed by atoms with Crippen LogP contribution in [0.2, 0.25) is 19.1 Å². The molecule has 1 aromatic rings. The van der Waals surface area contributed by atoms with Gasteiger partial charge in [-0.05, 0) is 0 Å². The summed E-state index contributed by atoms with van der Waals surface area (Å²) in [6, 6.07) is 7.79. The van der Waals surface area contributed by atoms with Gasteiger partial charge in [0.05, 0.1) is 0 Å². The van der Waals surface area contributed by atoms with Crippen LogP contribution in [0.5, 0.6) is 0 Å². The Kier molecular flexibility index (Phi) is 12.9. The van der Waals surface area contributed by atoms with Crippen molar-refractivity contribution in [3.63, 3.8) is 0 Å². The summed E-state index contributed by atoms with van der Waals surface area (Å²) >= 11 is 0. The predicted molar refractivity (Wildman–Crippen MR) is 89.6 cm³/mol. The van der Waals surface area contributed by atoms with E-state index in [1.165, 1.54) is 37.8 Å². The van der Waals surface area contributed by atoms with Crippen molar-refractivity contribution in [2.75, 3.05) is 0 Å². The molecule has 0 unspecified atom stereocenters. The number of fused-ring (bicyclic) bond motifs is 1. The minimum Gasteiger partial charge on any atom is -0.358 e. The summed E-state index contributed by atoms with van der Waals surface area (Å²) < 4.78 is 0. The summed E-state index contributed by atoms with van der Waals surface area (Å²) in [5.41, 5.74) is 4.97. The first kappa shape index (κ1) is 24.3. The molecule has 0 radical (unpaired) electrons. The SMILES string of the molecule is CC[Si](C)(C)Cc1cc2c([cH-]1)CCCC2.[CH3-].[CH3-].[CH3-].[Ti+4]. The molecule has 1 aliphatic rings. The number of hydrogen-bond donors (Lipinski definition) is 0. The van der Waals surface area contributed by atoms with Crippen molar-refractivity contribution in [2.24, 2.45) is 0 Å². The Hall–Kier alpha value is 0.281. The van der Waals surface area contributed by atoms with Gasteiger partial charge in [-0.25, -0.2) is 6.07 Å². The molecule has 0 N–H and O–H groups in total. The molecule has 0 amide bonds. The normalized spacial score (nSPS) is 13.0. The largest absolute Gasteiger partial charge is 4.00 e. The fourth-order valence-corrected chi connectivity index (χ4v) is 4.11. The molecule has 0 aliphatic heterocycles. The van der Waals surface area contributed by atoms with Crippen molar-refractivity contribution < 1.29 is 21.7 Å². The molecule has 0 heterocycles. The van der Waals surface area contributed by atoms with Crippen LogP contribution in [0.4, 0.5) is 0 Å². The summed E-state index contributed by atoms with van der Waals surface area (Å²) in [6.45, 7) is 7.38. The molecule has 1 aliphatic carbocycles. The maximum absolute atomic E-state index is 2.51. The zero-order chi connectivity index (χ0) is 10.9. The Morgan fingerprint density at radius 1 is 1.11 bits per heavy atom. The first-order valence-electron chi connectivity index (χ1n) is 6.38. The summed E-state index contributed by atoms with van der Waals surface area (Å²) in [7, 11) is -0.933. The van der Waals surface area contributed by atoms with Crippen LogP contribution in [-0.2, 0) is 40.6 Å². The van der Waals surface area contributed by atoms with E-state index in [4.69, 9.17) is 0 Å². The first-order valence-corrected chi connectivity index (χ1v) is 9.79. The van der Waals surface area contributed by atoms with Gasteiger partial charge in [-0.1, -0.05) is 57.8 Å². The predicted octanol–water partition coefficient (Wildman–Crippen LogP) is 5.44. The van der Waals surface area contributed by atoms with Gasteiger partial charge in [-0.15, -0.1) is 0 Å². The third-order valence-electron chi connectivity index (χ3n) is 3.91. The van der Waals surface area contributed by atoms with E-state index in [2.05, 4.69) is 32.2 Å². The van der Waals surface area contributed by atoms with Gasteiger partial charge in [-0.3, -0.25) is 0 Å². The molecule has 0 saturated carbocycles. The fraction of sp³-hybridized carbons (Fsp3) is 0.529. The molecule has 0 bridgehead atoms. The van der Waals surface area contributed by atoms with Crippen molar-refractivity contribution in [3.05, 3.63) is 51.1 Å².